The Morgan fingerprint density at radius 3 is 2.45 bits per heavy atom. The lowest BCUT2D eigenvalue weighted by Crippen LogP contribution is -2.25. The molecule has 29 heavy (non-hydrogen) atoms. The maximum atomic E-state index is 12.5. The number of sulfonamides is 1. The third kappa shape index (κ3) is 4.61. The molecule has 0 spiro atoms. The Hall–Kier alpha value is -3.24. The Morgan fingerprint density at radius 1 is 1.03 bits per heavy atom. The number of hydrogen-bond acceptors (Lipinski definition) is 7. The highest BCUT2D eigenvalue weighted by Gasteiger charge is 2.28. The zero-order valence-electron chi connectivity index (χ0n) is 15.5. The van der Waals surface area contributed by atoms with Gasteiger partial charge >= 0.3 is 0 Å². The summed E-state index contributed by atoms with van der Waals surface area (Å²) in [5.74, 6) is 0.418. The molecule has 10 heteroatoms. The summed E-state index contributed by atoms with van der Waals surface area (Å²) in [6.45, 7) is 1.69. The predicted octanol–water partition coefficient (Wildman–Crippen LogP) is 1.94. The molecule has 4 rings (SSSR count). The molecule has 0 atom stereocenters. The van der Waals surface area contributed by atoms with E-state index >= 15 is 0 Å². The van der Waals surface area contributed by atoms with Gasteiger partial charge in [0, 0.05) is 17.8 Å². The van der Waals surface area contributed by atoms with E-state index in [9.17, 15) is 13.2 Å². The molecule has 1 fully saturated rings. The Bertz CT molecular complexity index is 1150. The molecule has 1 aromatic carbocycles. The number of nitrogens with one attached hydrogen (secondary N) is 2. The maximum Gasteiger partial charge on any atom is 0.258 e. The summed E-state index contributed by atoms with van der Waals surface area (Å²) >= 11 is 0. The van der Waals surface area contributed by atoms with E-state index in [4.69, 9.17) is 0 Å². The topological polar surface area (TPSA) is 127 Å². The third-order valence-electron chi connectivity index (χ3n) is 4.19. The molecule has 1 aliphatic rings. The van der Waals surface area contributed by atoms with E-state index in [2.05, 4.69) is 30.0 Å². The van der Waals surface area contributed by atoms with Gasteiger partial charge in [0.25, 0.3) is 5.91 Å². The van der Waals surface area contributed by atoms with Crippen molar-refractivity contribution in [2.24, 2.45) is 0 Å². The van der Waals surface area contributed by atoms with Gasteiger partial charge in [-0.1, -0.05) is 6.07 Å². The number of amides is 1. The fourth-order valence-electron chi connectivity index (χ4n) is 2.60. The smallest absolute Gasteiger partial charge is 0.258 e. The molecule has 0 unspecified atom stereocenters. The molecule has 0 radical (unpaired) electrons. The number of carbonyl (C=O) groups is 1. The van der Waals surface area contributed by atoms with Crippen LogP contribution in [0.3, 0.4) is 0 Å². The lowest BCUT2D eigenvalue weighted by Gasteiger charge is -2.08. The van der Waals surface area contributed by atoms with Crippen molar-refractivity contribution in [3.63, 3.8) is 0 Å². The number of anilines is 1. The first-order valence-corrected chi connectivity index (χ1v) is 10.5. The normalized spacial score (nSPS) is 13.8. The second kappa shape index (κ2) is 7.64. The van der Waals surface area contributed by atoms with E-state index in [0.717, 1.165) is 12.8 Å². The van der Waals surface area contributed by atoms with E-state index in [1.807, 2.05) is 6.07 Å². The predicted molar refractivity (Wildman–Crippen MR) is 106 cm³/mol. The van der Waals surface area contributed by atoms with Gasteiger partial charge in [-0.2, -0.15) is 9.97 Å². The van der Waals surface area contributed by atoms with E-state index in [1.165, 1.54) is 24.3 Å². The summed E-state index contributed by atoms with van der Waals surface area (Å²) in [5.41, 5.74) is 0.846. The number of benzene rings is 1. The van der Waals surface area contributed by atoms with Crippen LogP contribution in [0.2, 0.25) is 0 Å². The van der Waals surface area contributed by atoms with Crippen molar-refractivity contribution in [2.75, 3.05) is 5.32 Å². The van der Waals surface area contributed by atoms with Gasteiger partial charge in [-0.25, -0.2) is 18.1 Å². The van der Waals surface area contributed by atoms with Gasteiger partial charge in [-0.05, 0) is 56.2 Å². The average Bonchev–Trinajstić information content (AvgIpc) is 3.51. The zero-order chi connectivity index (χ0) is 20.4. The van der Waals surface area contributed by atoms with Crippen LogP contribution in [0.25, 0.3) is 11.5 Å². The molecule has 2 aromatic heterocycles. The lowest BCUT2D eigenvalue weighted by molar-refractivity contribution is 0.102. The zero-order valence-corrected chi connectivity index (χ0v) is 16.3. The minimum Gasteiger partial charge on any atom is -0.290 e. The van der Waals surface area contributed by atoms with Crippen LogP contribution in [-0.2, 0) is 10.0 Å². The SMILES string of the molecule is Cc1nc(NC(=O)c2ccc(S(=O)(=O)NC3CC3)cc2)nc(-c2ccccn2)n1. The van der Waals surface area contributed by atoms with Gasteiger partial charge in [0.15, 0.2) is 5.82 Å². The summed E-state index contributed by atoms with van der Waals surface area (Å²) in [6.07, 6.45) is 3.33. The summed E-state index contributed by atoms with van der Waals surface area (Å²) in [6, 6.07) is 11.1. The number of rotatable bonds is 6. The molecule has 148 valence electrons. The molecule has 2 heterocycles. The van der Waals surface area contributed by atoms with E-state index in [0.29, 0.717) is 17.3 Å². The minimum absolute atomic E-state index is 0.0170. The number of carbonyl (C=O) groups excluding carboxylic acids is 1. The third-order valence-corrected chi connectivity index (χ3v) is 5.73. The van der Waals surface area contributed by atoms with Gasteiger partial charge in [0.05, 0.1) is 4.90 Å². The number of nitrogens with zero attached hydrogens (tertiary/aromatic N) is 4. The number of hydrogen-bond donors (Lipinski definition) is 2. The fourth-order valence-corrected chi connectivity index (χ4v) is 3.90. The van der Waals surface area contributed by atoms with Crippen molar-refractivity contribution in [3.8, 4) is 11.5 Å². The first-order valence-electron chi connectivity index (χ1n) is 8.98. The van der Waals surface area contributed by atoms with Gasteiger partial charge in [-0.15, -0.1) is 0 Å². The minimum atomic E-state index is -3.56. The van der Waals surface area contributed by atoms with Crippen molar-refractivity contribution < 1.29 is 13.2 Å². The standard InChI is InChI=1S/C19H18N6O3S/c1-12-21-17(16-4-2-3-11-20-16)23-19(22-12)24-18(26)13-5-9-15(10-6-13)29(27,28)25-14-7-8-14/h2-6,9-11,14,25H,7-8H2,1H3,(H,21,22,23,24,26). The van der Waals surface area contributed by atoms with Gasteiger partial charge in [-0.3, -0.25) is 15.1 Å². The summed E-state index contributed by atoms with van der Waals surface area (Å²) in [7, 11) is -3.56. The van der Waals surface area contributed by atoms with Crippen LogP contribution < -0.4 is 10.0 Å². The van der Waals surface area contributed by atoms with Crippen molar-refractivity contribution in [1.82, 2.24) is 24.7 Å². The molecule has 1 saturated carbocycles. The molecule has 3 aromatic rings. The monoisotopic (exact) mass is 410 g/mol. The van der Waals surface area contributed by atoms with Gasteiger partial charge in [0.1, 0.15) is 11.5 Å². The first kappa shape index (κ1) is 19.1. The van der Waals surface area contributed by atoms with Gasteiger partial charge < -0.3 is 0 Å². The summed E-state index contributed by atoms with van der Waals surface area (Å²) in [4.78, 5) is 29.5. The molecule has 0 bridgehead atoms. The van der Waals surface area contributed by atoms with Crippen LogP contribution >= 0.6 is 0 Å². The van der Waals surface area contributed by atoms with E-state index < -0.39 is 15.9 Å². The number of aromatic nitrogens is 4. The maximum absolute atomic E-state index is 12.5. The van der Waals surface area contributed by atoms with E-state index in [-0.39, 0.29) is 22.4 Å². The molecule has 0 aliphatic heterocycles. The fraction of sp³-hybridized carbons (Fsp3) is 0.211. The van der Waals surface area contributed by atoms with Crippen molar-refractivity contribution in [1.29, 1.82) is 0 Å². The molecular formula is C19H18N6O3S. The average molecular weight is 410 g/mol. The largest absolute Gasteiger partial charge is 0.290 e. The Labute approximate surface area is 167 Å². The molecule has 1 aliphatic carbocycles. The molecule has 2 N–H and O–H groups in total. The number of aryl methyl sites for hydroxylation is 1. The molecular weight excluding hydrogens is 392 g/mol. The second-order valence-corrected chi connectivity index (χ2v) is 8.33. The van der Waals surface area contributed by atoms with Crippen LogP contribution in [0.5, 0.6) is 0 Å². The highest BCUT2D eigenvalue weighted by molar-refractivity contribution is 7.89. The number of pyridine rings is 1. The Kier molecular flexibility index (Phi) is 5.03. The van der Waals surface area contributed by atoms with Crippen molar-refractivity contribution in [2.45, 2.75) is 30.7 Å². The quantitative estimate of drug-likeness (QED) is 0.636. The molecule has 9 nitrogen and oxygen atoms in total. The van der Waals surface area contributed by atoms with E-state index in [1.54, 1.807) is 25.3 Å². The van der Waals surface area contributed by atoms with Crippen LogP contribution in [0.4, 0.5) is 5.95 Å². The highest BCUT2D eigenvalue weighted by Crippen LogP contribution is 2.22. The summed E-state index contributed by atoms with van der Waals surface area (Å²) < 4.78 is 27.0. The summed E-state index contributed by atoms with van der Waals surface area (Å²) in [5, 5.41) is 2.62. The first-order chi connectivity index (χ1) is 13.9. The Balaban J connectivity index is 1.51. The molecule has 1 amide bonds. The van der Waals surface area contributed by atoms with Crippen LogP contribution in [-0.4, -0.2) is 40.3 Å². The lowest BCUT2D eigenvalue weighted by atomic mass is 10.2. The molecule has 0 saturated heterocycles. The highest BCUT2D eigenvalue weighted by atomic mass is 32.2. The van der Waals surface area contributed by atoms with Crippen LogP contribution in [0, 0.1) is 6.92 Å². The van der Waals surface area contributed by atoms with Crippen LogP contribution in [0.1, 0.15) is 29.0 Å². The Morgan fingerprint density at radius 2 is 1.79 bits per heavy atom. The van der Waals surface area contributed by atoms with Gasteiger partial charge in [0.2, 0.25) is 16.0 Å². The van der Waals surface area contributed by atoms with Crippen LogP contribution in [0.15, 0.2) is 53.6 Å². The van der Waals surface area contributed by atoms with Crippen molar-refractivity contribution in [3.05, 3.63) is 60.0 Å². The van der Waals surface area contributed by atoms with Crippen molar-refractivity contribution >= 4 is 21.9 Å². The second-order valence-electron chi connectivity index (χ2n) is 6.62.